The topological polar surface area (TPSA) is 51.2 Å². The van der Waals surface area contributed by atoms with Gasteiger partial charge in [-0.1, -0.05) is 36.4 Å². The number of rotatable bonds is 6. The first-order valence-electron chi connectivity index (χ1n) is 8.51. The number of carbonyl (C=O) groups excluding carboxylic acids is 1. The predicted molar refractivity (Wildman–Crippen MR) is 106 cm³/mol. The number of aryl methyl sites for hydroxylation is 3. The summed E-state index contributed by atoms with van der Waals surface area (Å²) in [5, 5.41) is 3.88. The average molecular weight is 366 g/mol. The van der Waals surface area contributed by atoms with Crippen molar-refractivity contribution in [3.63, 3.8) is 0 Å². The van der Waals surface area contributed by atoms with Crippen molar-refractivity contribution in [3.8, 4) is 16.3 Å². The van der Waals surface area contributed by atoms with Gasteiger partial charge in [0.25, 0.3) is 5.91 Å². The Morgan fingerprint density at radius 1 is 1.08 bits per heavy atom. The lowest BCUT2D eigenvalue weighted by Crippen LogP contribution is -2.28. The van der Waals surface area contributed by atoms with Crippen molar-refractivity contribution in [1.29, 1.82) is 0 Å². The molecule has 0 fully saturated rings. The summed E-state index contributed by atoms with van der Waals surface area (Å²) in [5.74, 6) is 0.580. The zero-order valence-electron chi connectivity index (χ0n) is 15.2. The third-order valence-corrected chi connectivity index (χ3v) is 5.13. The van der Waals surface area contributed by atoms with Gasteiger partial charge in [0, 0.05) is 10.4 Å². The fraction of sp³-hybridized carbons (Fsp3) is 0.238. The highest BCUT2D eigenvalue weighted by molar-refractivity contribution is 7.15. The van der Waals surface area contributed by atoms with Crippen LogP contribution in [0.2, 0.25) is 0 Å². The second-order valence-electron chi connectivity index (χ2n) is 6.28. The van der Waals surface area contributed by atoms with Gasteiger partial charge in [-0.05, 0) is 44.0 Å². The lowest BCUT2D eigenvalue weighted by Gasteiger charge is -2.08. The number of hydrogen-bond donors (Lipinski definition) is 1. The van der Waals surface area contributed by atoms with Crippen molar-refractivity contribution >= 4 is 17.2 Å². The van der Waals surface area contributed by atoms with Gasteiger partial charge in [0.2, 0.25) is 0 Å². The van der Waals surface area contributed by atoms with Crippen LogP contribution in [0.5, 0.6) is 5.75 Å². The molecule has 2 aromatic carbocycles. The maximum absolute atomic E-state index is 12.1. The third kappa shape index (κ3) is 4.70. The summed E-state index contributed by atoms with van der Waals surface area (Å²) in [6.45, 7) is 6.46. The zero-order chi connectivity index (χ0) is 18.5. The Morgan fingerprint density at radius 3 is 2.46 bits per heavy atom. The smallest absolute Gasteiger partial charge is 0.258 e. The molecule has 1 heterocycles. The van der Waals surface area contributed by atoms with Crippen molar-refractivity contribution in [1.82, 2.24) is 10.3 Å². The Kier molecular flexibility index (Phi) is 5.68. The minimum atomic E-state index is -0.141. The summed E-state index contributed by atoms with van der Waals surface area (Å²) in [4.78, 5) is 17.8. The molecule has 0 aliphatic rings. The molecule has 0 aliphatic carbocycles. The second-order valence-corrected chi connectivity index (χ2v) is 7.37. The summed E-state index contributed by atoms with van der Waals surface area (Å²) in [5.41, 5.74) is 4.28. The van der Waals surface area contributed by atoms with E-state index in [1.807, 2.05) is 63.2 Å². The van der Waals surface area contributed by atoms with Crippen LogP contribution in [0.15, 0.2) is 48.5 Å². The molecule has 3 rings (SSSR count). The van der Waals surface area contributed by atoms with Crippen molar-refractivity contribution in [2.45, 2.75) is 27.3 Å². The van der Waals surface area contributed by atoms with E-state index in [1.165, 1.54) is 0 Å². The molecule has 0 saturated heterocycles. The van der Waals surface area contributed by atoms with E-state index in [1.54, 1.807) is 11.3 Å². The second kappa shape index (κ2) is 8.15. The van der Waals surface area contributed by atoms with Crippen LogP contribution in [-0.2, 0) is 11.3 Å². The van der Waals surface area contributed by atoms with Crippen LogP contribution in [0.25, 0.3) is 10.6 Å². The van der Waals surface area contributed by atoms with Gasteiger partial charge in [-0.2, -0.15) is 0 Å². The Labute approximate surface area is 157 Å². The molecular weight excluding hydrogens is 344 g/mol. The standard InChI is InChI=1S/C21H22N2O2S/c1-14-9-15(2)11-18(10-14)25-13-20(24)22-12-19-16(3)23-21(26-19)17-7-5-4-6-8-17/h4-11H,12-13H2,1-3H3,(H,22,24). The Balaban J connectivity index is 1.55. The molecule has 3 aromatic rings. The van der Waals surface area contributed by atoms with E-state index in [4.69, 9.17) is 4.74 Å². The van der Waals surface area contributed by atoms with Crippen LogP contribution < -0.4 is 10.1 Å². The highest BCUT2D eigenvalue weighted by Crippen LogP contribution is 2.27. The van der Waals surface area contributed by atoms with E-state index in [0.29, 0.717) is 6.54 Å². The number of ether oxygens (including phenoxy) is 1. The van der Waals surface area contributed by atoms with Gasteiger partial charge in [-0.3, -0.25) is 4.79 Å². The van der Waals surface area contributed by atoms with E-state index >= 15 is 0 Å². The number of carbonyl (C=O) groups is 1. The van der Waals surface area contributed by atoms with Crippen LogP contribution in [0, 0.1) is 20.8 Å². The number of thiazole rings is 1. The van der Waals surface area contributed by atoms with Crippen molar-refractivity contribution < 1.29 is 9.53 Å². The van der Waals surface area contributed by atoms with E-state index in [0.717, 1.165) is 38.0 Å². The number of amides is 1. The normalized spacial score (nSPS) is 10.6. The van der Waals surface area contributed by atoms with Gasteiger partial charge >= 0.3 is 0 Å². The molecule has 0 atom stereocenters. The quantitative estimate of drug-likeness (QED) is 0.702. The summed E-state index contributed by atoms with van der Waals surface area (Å²) < 4.78 is 5.60. The molecule has 134 valence electrons. The largest absolute Gasteiger partial charge is 0.484 e. The van der Waals surface area contributed by atoms with Gasteiger partial charge < -0.3 is 10.1 Å². The van der Waals surface area contributed by atoms with Crippen molar-refractivity contribution in [2.24, 2.45) is 0 Å². The highest BCUT2D eigenvalue weighted by atomic mass is 32.1. The molecule has 1 amide bonds. The predicted octanol–water partition coefficient (Wildman–Crippen LogP) is 4.43. The van der Waals surface area contributed by atoms with E-state index in [-0.39, 0.29) is 12.5 Å². The molecule has 1 aromatic heterocycles. The SMILES string of the molecule is Cc1cc(C)cc(OCC(=O)NCc2sc(-c3ccccc3)nc2C)c1. The van der Waals surface area contributed by atoms with Crippen LogP contribution in [-0.4, -0.2) is 17.5 Å². The summed E-state index contributed by atoms with van der Waals surface area (Å²) in [6.07, 6.45) is 0. The summed E-state index contributed by atoms with van der Waals surface area (Å²) in [7, 11) is 0. The molecule has 0 radical (unpaired) electrons. The molecular formula is C21H22N2O2S. The van der Waals surface area contributed by atoms with Crippen molar-refractivity contribution in [2.75, 3.05) is 6.61 Å². The number of hydrogen-bond acceptors (Lipinski definition) is 4. The molecule has 26 heavy (non-hydrogen) atoms. The maximum atomic E-state index is 12.1. The lowest BCUT2D eigenvalue weighted by atomic mass is 10.1. The fourth-order valence-electron chi connectivity index (χ4n) is 2.69. The Morgan fingerprint density at radius 2 is 1.77 bits per heavy atom. The number of benzene rings is 2. The molecule has 0 aliphatic heterocycles. The van der Waals surface area contributed by atoms with Gasteiger partial charge in [0.15, 0.2) is 6.61 Å². The summed E-state index contributed by atoms with van der Waals surface area (Å²) in [6, 6.07) is 16.0. The zero-order valence-corrected chi connectivity index (χ0v) is 16.0. The van der Waals surface area contributed by atoms with Crippen LogP contribution in [0.3, 0.4) is 0 Å². The minimum Gasteiger partial charge on any atom is -0.484 e. The molecule has 5 heteroatoms. The van der Waals surface area contributed by atoms with Crippen LogP contribution in [0.4, 0.5) is 0 Å². The van der Waals surface area contributed by atoms with Gasteiger partial charge in [0.05, 0.1) is 12.2 Å². The molecule has 1 N–H and O–H groups in total. The Bertz CT molecular complexity index is 883. The van der Waals surface area contributed by atoms with Gasteiger partial charge in [-0.15, -0.1) is 11.3 Å². The van der Waals surface area contributed by atoms with Crippen LogP contribution in [0.1, 0.15) is 21.7 Å². The molecule has 0 spiro atoms. The monoisotopic (exact) mass is 366 g/mol. The first-order chi connectivity index (χ1) is 12.5. The van der Waals surface area contributed by atoms with Gasteiger partial charge in [0.1, 0.15) is 10.8 Å². The van der Waals surface area contributed by atoms with E-state index in [9.17, 15) is 4.79 Å². The number of nitrogens with one attached hydrogen (secondary N) is 1. The minimum absolute atomic E-state index is 0.00624. The van der Waals surface area contributed by atoms with Crippen molar-refractivity contribution in [3.05, 3.63) is 70.2 Å². The average Bonchev–Trinajstić information content (AvgIpc) is 2.99. The summed E-state index contributed by atoms with van der Waals surface area (Å²) >= 11 is 1.61. The number of nitrogens with zero attached hydrogens (tertiary/aromatic N) is 1. The molecule has 0 bridgehead atoms. The third-order valence-electron chi connectivity index (χ3n) is 3.92. The molecule has 4 nitrogen and oxygen atoms in total. The number of aromatic nitrogens is 1. The highest BCUT2D eigenvalue weighted by Gasteiger charge is 2.11. The fourth-order valence-corrected chi connectivity index (χ4v) is 3.70. The van der Waals surface area contributed by atoms with E-state index < -0.39 is 0 Å². The van der Waals surface area contributed by atoms with E-state index in [2.05, 4.69) is 16.4 Å². The molecule has 0 saturated carbocycles. The first kappa shape index (κ1) is 18.1. The van der Waals surface area contributed by atoms with Crippen LogP contribution >= 0.6 is 11.3 Å². The molecule has 0 unspecified atom stereocenters. The maximum Gasteiger partial charge on any atom is 0.258 e. The Hall–Kier alpha value is -2.66. The lowest BCUT2D eigenvalue weighted by molar-refractivity contribution is -0.123. The van der Waals surface area contributed by atoms with Gasteiger partial charge in [-0.25, -0.2) is 4.98 Å². The first-order valence-corrected chi connectivity index (χ1v) is 9.32.